The van der Waals surface area contributed by atoms with Crippen molar-refractivity contribution < 1.29 is 9.59 Å². The number of amides is 2. The summed E-state index contributed by atoms with van der Waals surface area (Å²) >= 11 is 0. The van der Waals surface area contributed by atoms with Crippen LogP contribution in [0.15, 0.2) is 30.3 Å². The molecule has 0 saturated carbocycles. The van der Waals surface area contributed by atoms with Crippen molar-refractivity contribution in [1.82, 2.24) is 9.80 Å². The molecule has 4 nitrogen and oxygen atoms in total. The molecule has 2 amide bonds. The fraction of sp³-hybridized carbons (Fsp3) is 0.500. The first-order valence-electron chi connectivity index (χ1n) is 7.21. The van der Waals surface area contributed by atoms with Gasteiger partial charge in [-0.05, 0) is 26.3 Å². The number of hydrogen-bond donors (Lipinski definition) is 0. The average Bonchev–Trinajstić information content (AvgIpc) is 2.47. The van der Waals surface area contributed by atoms with Crippen LogP contribution >= 0.6 is 0 Å². The molecule has 20 heavy (non-hydrogen) atoms. The molecular weight excluding hydrogens is 252 g/mol. The first kappa shape index (κ1) is 16.2. The summed E-state index contributed by atoms with van der Waals surface area (Å²) in [6.07, 6.45) is -0.0393. The summed E-state index contributed by atoms with van der Waals surface area (Å²) in [4.78, 5) is 27.6. The van der Waals surface area contributed by atoms with Gasteiger partial charge in [0.05, 0.1) is 0 Å². The zero-order valence-corrected chi connectivity index (χ0v) is 12.6. The minimum atomic E-state index is -0.103. The molecule has 1 aromatic rings. The maximum atomic E-state index is 12.2. The average molecular weight is 276 g/mol. The van der Waals surface area contributed by atoms with E-state index in [1.165, 1.54) is 0 Å². The Morgan fingerprint density at radius 3 is 1.85 bits per heavy atom. The smallest absolute Gasteiger partial charge is 0.232 e. The molecule has 0 bridgehead atoms. The van der Waals surface area contributed by atoms with Crippen LogP contribution in [0.2, 0.25) is 0 Å². The topological polar surface area (TPSA) is 40.6 Å². The van der Waals surface area contributed by atoms with Crippen molar-refractivity contribution >= 4 is 11.8 Å². The van der Waals surface area contributed by atoms with Crippen LogP contribution in [0.1, 0.15) is 32.8 Å². The zero-order chi connectivity index (χ0) is 15.0. The Morgan fingerprint density at radius 1 is 0.850 bits per heavy atom. The quantitative estimate of drug-likeness (QED) is 0.717. The van der Waals surface area contributed by atoms with Crippen molar-refractivity contribution in [2.24, 2.45) is 0 Å². The number of nitrogens with zero attached hydrogens (tertiary/aromatic N) is 2. The van der Waals surface area contributed by atoms with Gasteiger partial charge in [-0.2, -0.15) is 0 Å². The van der Waals surface area contributed by atoms with Crippen LogP contribution in [0, 0.1) is 0 Å². The molecule has 0 aliphatic carbocycles. The third kappa shape index (κ3) is 4.68. The molecule has 0 saturated heterocycles. The van der Waals surface area contributed by atoms with Gasteiger partial charge in [-0.1, -0.05) is 30.3 Å². The minimum absolute atomic E-state index is 0.0393. The third-order valence-corrected chi connectivity index (χ3v) is 3.37. The van der Waals surface area contributed by atoms with Gasteiger partial charge in [0.25, 0.3) is 0 Å². The standard InChI is InChI=1S/C16H24N2O2/c1-4-17(5-2)15(19)12-16(20)18(6-3)13-14-10-8-7-9-11-14/h7-11H,4-6,12-13H2,1-3H3. The van der Waals surface area contributed by atoms with Crippen molar-refractivity contribution in [2.75, 3.05) is 19.6 Å². The molecule has 0 N–H and O–H groups in total. The van der Waals surface area contributed by atoms with Crippen LogP contribution < -0.4 is 0 Å². The van der Waals surface area contributed by atoms with E-state index in [4.69, 9.17) is 0 Å². The lowest BCUT2D eigenvalue weighted by atomic mass is 10.2. The van der Waals surface area contributed by atoms with Crippen LogP contribution in [0.25, 0.3) is 0 Å². The van der Waals surface area contributed by atoms with Gasteiger partial charge < -0.3 is 9.80 Å². The lowest BCUT2D eigenvalue weighted by Crippen LogP contribution is -2.37. The monoisotopic (exact) mass is 276 g/mol. The predicted molar refractivity (Wildman–Crippen MR) is 80.1 cm³/mol. The van der Waals surface area contributed by atoms with Gasteiger partial charge >= 0.3 is 0 Å². The third-order valence-electron chi connectivity index (χ3n) is 3.37. The van der Waals surface area contributed by atoms with E-state index in [9.17, 15) is 9.59 Å². The highest BCUT2D eigenvalue weighted by Gasteiger charge is 2.19. The largest absolute Gasteiger partial charge is 0.343 e. The second-order valence-electron chi connectivity index (χ2n) is 4.64. The molecule has 0 atom stereocenters. The first-order valence-corrected chi connectivity index (χ1v) is 7.21. The van der Waals surface area contributed by atoms with Crippen molar-refractivity contribution in [2.45, 2.75) is 33.7 Å². The molecule has 0 fully saturated rings. The van der Waals surface area contributed by atoms with Gasteiger partial charge in [0.15, 0.2) is 0 Å². The molecule has 0 unspecified atom stereocenters. The maximum absolute atomic E-state index is 12.2. The van der Waals surface area contributed by atoms with Crippen LogP contribution in [-0.4, -0.2) is 41.2 Å². The second-order valence-corrected chi connectivity index (χ2v) is 4.64. The summed E-state index contributed by atoms with van der Waals surface area (Å²) in [7, 11) is 0. The summed E-state index contributed by atoms with van der Waals surface area (Å²) in [5, 5.41) is 0. The highest BCUT2D eigenvalue weighted by Crippen LogP contribution is 2.07. The molecule has 0 spiro atoms. The van der Waals surface area contributed by atoms with Gasteiger partial charge in [-0.3, -0.25) is 9.59 Å². The van der Waals surface area contributed by atoms with E-state index in [1.54, 1.807) is 9.80 Å². The van der Waals surface area contributed by atoms with E-state index in [-0.39, 0.29) is 18.2 Å². The molecule has 110 valence electrons. The van der Waals surface area contributed by atoms with Crippen LogP contribution in [0.3, 0.4) is 0 Å². The van der Waals surface area contributed by atoms with Crippen LogP contribution in [-0.2, 0) is 16.1 Å². The Morgan fingerprint density at radius 2 is 1.35 bits per heavy atom. The molecule has 0 aromatic heterocycles. The lowest BCUT2D eigenvalue weighted by molar-refractivity contribution is -0.140. The fourth-order valence-electron chi connectivity index (χ4n) is 2.11. The van der Waals surface area contributed by atoms with Crippen molar-refractivity contribution in [3.05, 3.63) is 35.9 Å². The number of hydrogen-bond acceptors (Lipinski definition) is 2. The molecule has 0 heterocycles. The highest BCUT2D eigenvalue weighted by atomic mass is 16.2. The Balaban J connectivity index is 2.61. The molecule has 1 aromatic carbocycles. The van der Waals surface area contributed by atoms with E-state index in [0.717, 1.165) is 5.56 Å². The van der Waals surface area contributed by atoms with Crippen molar-refractivity contribution in [1.29, 1.82) is 0 Å². The minimum Gasteiger partial charge on any atom is -0.343 e. The van der Waals surface area contributed by atoms with E-state index in [2.05, 4.69) is 0 Å². The molecule has 4 heteroatoms. The molecule has 0 aliphatic rings. The summed E-state index contributed by atoms with van der Waals surface area (Å²) in [5.41, 5.74) is 1.08. The van der Waals surface area contributed by atoms with E-state index < -0.39 is 0 Å². The number of carbonyl (C=O) groups excluding carboxylic acids is 2. The number of rotatable bonds is 7. The lowest BCUT2D eigenvalue weighted by Gasteiger charge is -2.23. The molecular formula is C16H24N2O2. The molecule has 1 rings (SSSR count). The Labute approximate surface area is 121 Å². The SMILES string of the molecule is CCN(CC)C(=O)CC(=O)N(CC)Cc1ccccc1. The Hall–Kier alpha value is -1.84. The summed E-state index contributed by atoms with van der Waals surface area (Å²) in [6, 6.07) is 9.83. The van der Waals surface area contributed by atoms with E-state index in [1.807, 2.05) is 51.1 Å². The van der Waals surface area contributed by atoms with Gasteiger partial charge in [-0.15, -0.1) is 0 Å². The normalized spacial score (nSPS) is 10.2. The zero-order valence-electron chi connectivity index (χ0n) is 12.6. The summed E-state index contributed by atoms with van der Waals surface area (Å²) in [6.45, 7) is 8.24. The summed E-state index contributed by atoms with van der Waals surface area (Å²) < 4.78 is 0. The van der Waals surface area contributed by atoms with Crippen LogP contribution in [0.4, 0.5) is 0 Å². The number of carbonyl (C=O) groups is 2. The van der Waals surface area contributed by atoms with Crippen LogP contribution in [0.5, 0.6) is 0 Å². The van der Waals surface area contributed by atoms with Crippen molar-refractivity contribution in [3.63, 3.8) is 0 Å². The van der Waals surface area contributed by atoms with E-state index in [0.29, 0.717) is 26.2 Å². The van der Waals surface area contributed by atoms with Gasteiger partial charge in [0.1, 0.15) is 6.42 Å². The first-order chi connectivity index (χ1) is 9.62. The summed E-state index contributed by atoms with van der Waals surface area (Å²) in [5.74, 6) is -0.195. The Bertz CT molecular complexity index is 427. The number of benzene rings is 1. The second kappa shape index (κ2) is 8.35. The van der Waals surface area contributed by atoms with E-state index >= 15 is 0 Å². The fourth-order valence-corrected chi connectivity index (χ4v) is 2.11. The highest BCUT2D eigenvalue weighted by molar-refractivity contribution is 5.96. The molecule has 0 aliphatic heterocycles. The Kier molecular flexibility index (Phi) is 6.77. The maximum Gasteiger partial charge on any atom is 0.232 e. The molecule has 0 radical (unpaired) electrons. The van der Waals surface area contributed by atoms with Crippen molar-refractivity contribution in [3.8, 4) is 0 Å². The predicted octanol–water partition coefficient (Wildman–Crippen LogP) is 2.29. The van der Waals surface area contributed by atoms with Gasteiger partial charge in [0, 0.05) is 26.2 Å². The van der Waals surface area contributed by atoms with Gasteiger partial charge in [-0.25, -0.2) is 0 Å². The van der Waals surface area contributed by atoms with Gasteiger partial charge in [0.2, 0.25) is 11.8 Å².